The van der Waals surface area contributed by atoms with Crippen molar-refractivity contribution in [2.45, 2.75) is 50.5 Å². The summed E-state index contributed by atoms with van der Waals surface area (Å²) in [7, 11) is 1.76. The van der Waals surface area contributed by atoms with E-state index in [2.05, 4.69) is 52.3 Å². The van der Waals surface area contributed by atoms with Crippen molar-refractivity contribution >= 4 is 23.6 Å². The van der Waals surface area contributed by atoms with Crippen LogP contribution in [-0.4, -0.2) is 38.3 Å². The van der Waals surface area contributed by atoms with Gasteiger partial charge in [-0.2, -0.15) is 0 Å². The maximum atomic E-state index is 12.1. The number of thioether (sulfide) groups is 1. The fraction of sp³-hybridized carbons (Fsp3) is 0.600. The minimum atomic E-state index is 0.207. The summed E-state index contributed by atoms with van der Waals surface area (Å²) in [5.74, 6) is 1.18. The number of hydrogen-bond donors (Lipinski definition) is 3. The third-order valence-electron chi connectivity index (χ3n) is 4.81. The summed E-state index contributed by atoms with van der Waals surface area (Å²) in [6.07, 6.45) is 7.81. The molecule has 26 heavy (non-hydrogen) atoms. The largest absolute Gasteiger partial charge is 0.355 e. The first kappa shape index (κ1) is 20.6. The van der Waals surface area contributed by atoms with E-state index in [0.29, 0.717) is 13.1 Å². The van der Waals surface area contributed by atoms with Crippen molar-refractivity contribution in [3.05, 3.63) is 29.3 Å². The lowest BCUT2D eigenvalue weighted by Gasteiger charge is -2.21. The highest BCUT2D eigenvalue weighted by Gasteiger charge is 2.20. The standard InChI is InChI=1S/C20H32N4OS/c1-15-9-10-17(18(13-15)26-3)14-24-20(21-2)23-12-11-22-19(25)16-7-5-4-6-8-16/h9-10,13,16H,4-8,11-12,14H2,1-3H3,(H,22,25)(H2,21,23,24). The molecule has 0 aliphatic heterocycles. The first-order valence-corrected chi connectivity index (χ1v) is 10.7. The van der Waals surface area contributed by atoms with E-state index in [-0.39, 0.29) is 11.8 Å². The number of nitrogens with zero attached hydrogens (tertiary/aromatic N) is 1. The second-order valence-electron chi connectivity index (χ2n) is 6.79. The number of guanidine groups is 1. The molecule has 144 valence electrons. The first-order chi connectivity index (χ1) is 12.6. The maximum absolute atomic E-state index is 12.1. The lowest BCUT2D eigenvalue weighted by molar-refractivity contribution is -0.125. The van der Waals surface area contributed by atoms with Gasteiger partial charge in [-0.15, -0.1) is 11.8 Å². The van der Waals surface area contributed by atoms with Gasteiger partial charge in [0, 0.05) is 37.5 Å². The molecule has 1 aromatic rings. The van der Waals surface area contributed by atoms with Crippen LogP contribution in [0.15, 0.2) is 28.1 Å². The van der Waals surface area contributed by atoms with Crippen LogP contribution < -0.4 is 16.0 Å². The van der Waals surface area contributed by atoms with Crippen molar-refractivity contribution in [2.75, 3.05) is 26.4 Å². The fourth-order valence-electron chi connectivity index (χ4n) is 3.27. The Labute approximate surface area is 161 Å². The Balaban J connectivity index is 1.70. The van der Waals surface area contributed by atoms with E-state index in [4.69, 9.17) is 0 Å². The van der Waals surface area contributed by atoms with Crippen LogP contribution >= 0.6 is 11.8 Å². The monoisotopic (exact) mass is 376 g/mol. The minimum Gasteiger partial charge on any atom is -0.355 e. The zero-order valence-electron chi connectivity index (χ0n) is 16.2. The van der Waals surface area contributed by atoms with Gasteiger partial charge in [0.05, 0.1) is 0 Å². The first-order valence-electron chi connectivity index (χ1n) is 9.49. The highest BCUT2D eigenvalue weighted by atomic mass is 32.2. The molecule has 2 rings (SSSR count). The molecule has 1 aliphatic carbocycles. The number of amides is 1. The third kappa shape index (κ3) is 6.56. The number of carbonyl (C=O) groups is 1. The summed E-state index contributed by atoms with van der Waals surface area (Å²) in [6, 6.07) is 6.50. The normalized spacial score (nSPS) is 15.6. The van der Waals surface area contributed by atoms with Crippen LogP contribution in [0.1, 0.15) is 43.2 Å². The van der Waals surface area contributed by atoms with Gasteiger partial charge in [0.2, 0.25) is 5.91 Å². The summed E-state index contributed by atoms with van der Waals surface area (Å²) in [6.45, 7) is 4.13. The quantitative estimate of drug-likeness (QED) is 0.296. The molecule has 1 saturated carbocycles. The molecule has 0 atom stereocenters. The van der Waals surface area contributed by atoms with Gasteiger partial charge in [0.25, 0.3) is 0 Å². The number of carbonyl (C=O) groups excluding carboxylic acids is 1. The molecule has 1 amide bonds. The second-order valence-corrected chi connectivity index (χ2v) is 7.64. The van der Waals surface area contributed by atoms with Gasteiger partial charge in [0.15, 0.2) is 5.96 Å². The number of rotatable bonds is 7. The molecule has 1 aromatic carbocycles. The molecule has 6 heteroatoms. The van der Waals surface area contributed by atoms with Crippen LogP contribution in [0.2, 0.25) is 0 Å². The van der Waals surface area contributed by atoms with Gasteiger partial charge < -0.3 is 16.0 Å². The fourth-order valence-corrected chi connectivity index (χ4v) is 3.98. The molecular formula is C20H32N4OS. The number of benzene rings is 1. The molecule has 0 aromatic heterocycles. The molecule has 0 spiro atoms. The number of aliphatic imine (C=N–C) groups is 1. The summed E-state index contributed by atoms with van der Waals surface area (Å²) in [5.41, 5.74) is 2.53. The van der Waals surface area contributed by atoms with E-state index in [9.17, 15) is 4.79 Å². The van der Waals surface area contributed by atoms with Crippen molar-refractivity contribution in [1.82, 2.24) is 16.0 Å². The van der Waals surface area contributed by atoms with Crippen molar-refractivity contribution in [3.8, 4) is 0 Å². The molecule has 0 bridgehead atoms. The van der Waals surface area contributed by atoms with Gasteiger partial charge in [-0.3, -0.25) is 9.79 Å². The Hall–Kier alpha value is -1.69. The molecule has 1 fully saturated rings. The Morgan fingerprint density at radius 3 is 2.58 bits per heavy atom. The number of nitrogens with one attached hydrogen (secondary N) is 3. The van der Waals surface area contributed by atoms with E-state index in [1.165, 1.54) is 35.3 Å². The van der Waals surface area contributed by atoms with E-state index >= 15 is 0 Å². The van der Waals surface area contributed by atoms with Crippen molar-refractivity contribution < 1.29 is 4.79 Å². The topological polar surface area (TPSA) is 65.5 Å². The lowest BCUT2D eigenvalue weighted by Crippen LogP contribution is -2.42. The van der Waals surface area contributed by atoms with E-state index < -0.39 is 0 Å². The zero-order valence-corrected chi connectivity index (χ0v) is 17.0. The molecule has 0 unspecified atom stereocenters. The minimum absolute atomic E-state index is 0.207. The van der Waals surface area contributed by atoms with Crippen LogP contribution in [0.25, 0.3) is 0 Å². The third-order valence-corrected chi connectivity index (χ3v) is 5.62. The summed E-state index contributed by atoms with van der Waals surface area (Å²) < 4.78 is 0. The van der Waals surface area contributed by atoms with Crippen LogP contribution in [0.4, 0.5) is 0 Å². The van der Waals surface area contributed by atoms with E-state index in [1.54, 1.807) is 18.8 Å². The number of hydrogen-bond acceptors (Lipinski definition) is 3. The molecule has 0 radical (unpaired) electrons. The smallest absolute Gasteiger partial charge is 0.223 e. The van der Waals surface area contributed by atoms with Gasteiger partial charge >= 0.3 is 0 Å². The van der Waals surface area contributed by atoms with Crippen molar-refractivity contribution in [3.63, 3.8) is 0 Å². The summed E-state index contributed by atoms with van der Waals surface area (Å²) in [4.78, 5) is 17.7. The molecule has 5 nitrogen and oxygen atoms in total. The van der Waals surface area contributed by atoms with Crippen molar-refractivity contribution in [2.24, 2.45) is 10.9 Å². The van der Waals surface area contributed by atoms with Crippen LogP contribution in [0.5, 0.6) is 0 Å². The predicted octanol–water partition coefficient (Wildman–Crippen LogP) is 3.08. The SMILES string of the molecule is CN=C(NCCNC(=O)C1CCCCC1)NCc1ccc(C)cc1SC. The Kier molecular flexibility index (Phi) is 8.81. The molecule has 0 saturated heterocycles. The Morgan fingerprint density at radius 2 is 1.88 bits per heavy atom. The summed E-state index contributed by atoms with van der Waals surface area (Å²) in [5, 5.41) is 9.65. The average Bonchev–Trinajstić information content (AvgIpc) is 2.68. The summed E-state index contributed by atoms with van der Waals surface area (Å²) >= 11 is 1.76. The van der Waals surface area contributed by atoms with Gasteiger partial charge in [-0.25, -0.2) is 0 Å². The van der Waals surface area contributed by atoms with Gasteiger partial charge in [0.1, 0.15) is 0 Å². The predicted molar refractivity (Wildman–Crippen MR) is 111 cm³/mol. The zero-order chi connectivity index (χ0) is 18.8. The molecule has 3 N–H and O–H groups in total. The van der Waals surface area contributed by atoms with Crippen LogP contribution in [0.3, 0.4) is 0 Å². The highest BCUT2D eigenvalue weighted by molar-refractivity contribution is 7.98. The van der Waals surface area contributed by atoms with Gasteiger partial charge in [-0.05, 0) is 43.2 Å². The maximum Gasteiger partial charge on any atom is 0.223 e. The molecule has 0 heterocycles. The van der Waals surface area contributed by atoms with E-state index in [1.807, 2.05) is 0 Å². The van der Waals surface area contributed by atoms with Gasteiger partial charge in [-0.1, -0.05) is 31.4 Å². The molecule has 1 aliphatic rings. The lowest BCUT2D eigenvalue weighted by atomic mass is 9.89. The average molecular weight is 377 g/mol. The van der Waals surface area contributed by atoms with Crippen LogP contribution in [0, 0.1) is 12.8 Å². The highest BCUT2D eigenvalue weighted by Crippen LogP contribution is 2.23. The number of aryl methyl sites for hydroxylation is 1. The Morgan fingerprint density at radius 1 is 1.15 bits per heavy atom. The molecular weight excluding hydrogens is 344 g/mol. The Bertz CT molecular complexity index is 612. The van der Waals surface area contributed by atoms with Crippen LogP contribution in [-0.2, 0) is 11.3 Å². The van der Waals surface area contributed by atoms with Crippen molar-refractivity contribution in [1.29, 1.82) is 0 Å². The second kappa shape index (κ2) is 11.1. The van der Waals surface area contributed by atoms with E-state index in [0.717, 1.165) is 25.3 Å².